The van der Waals surface area contributed by atoms with Crippen molar-refractivity contribution in [3.05, 3.63) is 0 Å². The van der Waals surface area contributed by atoms with Crippen LogP contribution < -0.4 is 5.32 Å². The van der Waals surface area contributed by atoms with Gasteiger partial charge in [-0.15, -0.1) is 0 Å². The Labute approximate surface area is 76.9 Å². The van der Waals surface area contributed by atoms with Gasteiger partial charge in [0.2, 0.25) is 0 Å². The number of unbranched alkanes of at least 4 members (excludes halogenated alkanes) is 2. The van der Waals surface area contributed by atoms with Crippen LogP contribution in [0.15, 0.2) is 0 Å². The number of nitrogens with one attached hydrogen (secondary N) is 1. The van der Waals surface area contributed by atoms with Crippen LogP contribution in [0.4, 0.5) is 0 Å². The summed E-state index contributed by atoms with van der Waals surface area (Å²) in [6, 6.07) is 0. The molecule has 0 radical (unpaired) electrons. The largest absolute Gasteiger partial charge is 0.319 e. The van der Waals surface area contributed by atoms with Crippen molar-refractivity contribution in [3.8, 4) is 0 Å². The Kier molecular flexibility index (Phi) is 4.07. The van der Waals surface area contributed by atoms with Gasteiger partial charge >= 0.3 is 0 Å². The monoisotopic (exact) mass is 169 g/mol. The van der Waals surface area contributed by atoms with E-state index >= 15 is 0 Å². The van der Waals surface area contributed by atoms with Gasteiger partial charge in [0.05, 0.1) is 0 Å². The third kappa shape index (κ3) is 2.48. The van der Waals surface area contributed by atoms with E-state index < -0.39 is 0 Å². The average Bonchev–Trinajstić information content (AvgIpc) is 2.00. The van der Waals surface area contributed by atoms with E-state index in [-0.39, 0.29) is 0 Å². The summed E-state index contributed by atoms with van der Waals surface area (Å²) in [5, 5.41) is 3.34. The summed E-state index contributed by atoms with van der Waals surface area (Å²) in [5.74, 6) is 0. The lowest BCUT2D eigenvalue weighted by Gasteiger charge is -2.42. The van der Waals surface area contributed by atoms with Gasteiger partial charge in [-0.3, -0.25) is 0 Å². The van der Waals surface area contributed by atoms with Crippen molar-refractivity contribution >= 4 is 0 Å². The topological polar surface area (TPSA) is 12.0 Å². The smallest absolute Gasteiger partial charge is 0.000480 e. The summed E-state index contributed by atoms with van der Waals surface area (Å²) in [4.78, 5) is 0. The molecule has 1 aliphatic carbocycles. The highest BCUT2D eigenvalue weighted by atomic mass is 14.8. The predicted molar refractivity (Wildman–Crippen MR) is 54.4 cm³/mol. The fourth-order valence-corrected chi connectivity index (χ4v) is 2.32. The summed E-state index contributed by atoms with van der Waals surface area (Å²) in [7, 11) is 2.08. The minimum atomic E-state index is 0.712. The average molecular weight is 169 g/mol. The third-order valence-corrected chi connectivity index (χ3v) is 3.28. The molecule has 1 heteroatoms. The second kappa shape index (κ2) is 4.86. The van der Waals surface area contributed by atoms with E-state index in [1.165, 1.54) is 51.5 Å². The van der Waals surface area contributed by atoms with E-state index in [9.17, 15) is 0 Å². The molecule has 1 nitrogen and oxygen atoms in total. The van der Waals surface area contributed by atoms with Crippen molar-refractivity contribution in [2.45, 2.75) is 51.9 Å². The molecule has 0 aliphatic heterocycles. The molecule has 0 bridgehead atoms. The van der Waals surface area contributed by atoms with Crippen molar-refractivity contribution < 1.29 is 0 Å². The molecule has 1 aliphatic rings. The molecule has 0 aromatic carbocycles. The summed E-state index contributed by atoms with van der Waals surface area (Å²) < 4.78 is 0. The van der Waals surface area contributed by atoms with Crippen molar-refractivity contribution in [2.24, 2.45) is 5.41 Å². The van der Waals surface area contributed by atoms with Crippen LogP contribution >= 0.6 is 0 Å². The van der Waals surface area contributed by atoms with Crippen LogP contribution in [0.2, 0.25) is 0 Å². The van der Waals surface area contributed by atoms with Gasteiger partial charge in [-0.1, -0.05) is 32.6 Å². The molecular formula is C11H23N. The van der Waals surface area contributed by atoms with Gasteiger partial charge in [-0.25, -0.2) is 0 Å². The van der Waals surface area contributed by atoms with Crippen LogP contribution in [0, 0.1) is 5.41 Å². The number of rotatable bonds is 6. The Morgan fingerprint density at radius 3 is 2.42 bits per heavy atom. The van der Waals surface area contributed by atoms with Gasteiger partial charge in [0.1, 0.15) is 0 Å². The van der Waals surface area contributed by atoms with Crippen molar-refractivity contribution in [1.82, 2.24) is 5.32 Å². The molecule has 0 amide bonds. The molecule has 0 unspecified atom stereocenters. The van der Waals surface area contributed by atoms with E-state index in [1.807, 2.05) is 0 Å². The first-order valence-electron chi connectivity index (χ1n) is 5.47. The molecule has 0 aromatic heterocycles. The molecule has 72 valence electrons. The maximum absolute atomic E-state index is 3.34. The van der Waals surface area contributed by atoms with E-state index in [2.05, 4.69) is 19.3 Å². The van der Waals surface area contributed by atoms with Gasteiger partial charge in [0.25, 0.3) is 0 Å². The van der Waals surface area contributed by atoms with Crippen LogP contribution in [0.3, 0.4) is 0 Å². The molecule has 1 N–H and O–H groups in total. The predicted octanol–water partition coefficient (Wildman–Crippen LogP) is 2.96. The first kappa shape index (κ1) is 10.0. The highest BCUT2D eigenvalue weighted by Crippen LogP contribution is 2.44. The van der Waals surface area contributed by atoms with E-state index in [4.69, 9.17) is 0 Å². The van der Waals surface area contributed by atoms with E-state index in [1.54, 1.807) is 0 Å². The fraction of sp³-hybridized carbons (Fsp3) is 1.00. The van der Waals surface area contributed by atoms with Crippen LogP contribution in [-0.4, -0.2) is 13.6 Å². The van der Waals surface area contributed by atoms with Crippen LogP contribution in [0.1, 0.15) is 51.9 Å². The zero-order chi connectivity index (χ0) is 8.86. The molecule has 1 saturated carbocycles. The number of hydrogen-bond acceptors (Lipinski definition) is 1. The summed E-state index contributed by atoms with van der Waals surface area (Å²) in [5.41, 5.74) is 0.712. The third-order valence-electron chi connectivity index (χ3n) is 3.28. The van der Waals surface area contributed by atoms with Gasteiger partial charge < -0.3 is 5.32 Å². The lowest BCUT2D eigenvalue weighted by atomic mass is 9.66. The van der Waals surface area contributed by atoms with E-state index in [0.717, 1.165) is 0 Å². The van der Waals surface area contributed by atoms with Crippen molar-refractivity contribution in [1.29, 1.82) is 0 Å². The maximum atomic E-state index is 3.34. The Bertz CT molecular complexity index is 116. The normalized spacial score (nSPS) is 20.5. The molecular weight excluding hydrogens is 146 g/mol. The number of hydrogen-bond donors (Lipinski definition) is 1. The minimum Gasteiger partial charge on any atom is -0.319 e. The Hall–Kier alpha value is -0.0400. The second-order valence-corrected chi connectivity index (χ2v) is 4.34. The van der Waals surface area contributed by atoms with Gasteiger partial charge in [0.15, 0.2) is 0 Å². The molecule has 0 saturated heterocycles. The molecule has 0 spiro atoms. The fourth-order valence-electron chi connectivity index (χ4n) is 2.32. The zero-order valence-electron chi connectivity index (χ0n) is 8.66. The van der Waals surface area contributed by atoms with Crippen LogP contribution in [0.25, 0.3) is 0 Å². The maximum Gasteiger partial charge on any atom is 0.000480 e. The lowest BCUT2D eigenvalue weighted by molar-refractivity contribution is 0.116. The molecule has 1 fully saturated rings. The summed E-state index contributed by atoms with van der Waals surface area (Å²) >= 11 is 0. The van der Waals surface area contributed by atoms with Crippen molar-refractivity contribution in [2.75, 3.05) is 13.6 Å². The molecule has 0 heterocycles. The minimum absolute atomic E-state index is 0.712. The van der Waals surface area contributed by atoms with Crippen molar-refractivity contribution in [3.63, 3.8) is 0 Å². The SMILES string of the molecule is CCCCCC1(CNC)CCC1. The first-order chi connectivity index (χ1) is 5.83. The summed E-state index contributed by atoms with van der Waals surface area (Å²) in [6.45, 7) is 3.53. The van der Waals surface area contributed by atoms with Gasteiger partial charge in [0, 0.05) is 6.54 Å². The Morgan fingerprint density at radius 1 is 1.25 bits per heavy atom. The quantitative estimate of drug-likeness (QED) is 0.603. The second-order valence-electron chi connectivity index (χ2n) is 4.34. The summed E-state index contributed by atoms with van der Waals surface area (Å²) in [6.07, 6.45) is 10.1. The highest BCUT2D eigenvalue weighted by molar-refractivity contribution is 4.88. The highest BCUT2D eigenvalue weighted by Gasteiger charge is 2.35. The zero-order valence-corrected chi connectivity index (χ0v) is 8.66. The molecule has 1 rings (SSSR count). The molecule has 0 atom stereocenters. The Balaban J connectivity index is 2.15. The van der Waals surface area contributed by atoms with Gasteiger partial charge in [-0.2, -0.15) is 0 Å². The van der Waals surface area contributed by atoms with Crippen LogP contribution in [-0.2, 0) is 0 Å². The van der Waals surface area contributed by atoms with Gasteiger partial charge in [-0.05, 0) is 31.7 Å². The van der Waals surface area contributed by atoms with Crippen LogP contribution in [0.5, 0.6) is 0 Å². The first-order valence-corrected chi connectivity index (χ1v) is 5.47. The van der Waals surface area contributed by atoms with E-state index in [0.29, 0.717) is 5.41 Å². The molecule has 12 heavy (non-hydrogen) atoms. The Morgan fingerprint density at radius 2 is 2.00 bits per heavy atom. The molecule has 0 aromatic rings. The standard InChI is InChI=1S/C11H23N/c1-3-4-5-7-11(10-12-2)8-6-9-11/h12H,3-10H2,1-2H3. The lowest BCUT2D eigenvalue weighted by Crippen LogP contribution is -2.38.